The van der Waals surface area contributed by atoms with Gasteiger partial charge in [0.1, 0.15) is 6.26 Å². The number of rotatable bonds is 2. The normalized spacial score (nSPS) is 8.80. The number of aromatic nitrogens is 1. The summed E-state index contributed by atoms with van der Waals surface area (Å²) in [4.78, 5) is 14.2. The molecule has 1 heterocycles. The molecular weight excluding hydrogens is 132 g/mol. The number of carbonyl (C=O) groups excluding carboxylic acids is 1. The van der Waals surface area contributed by atoms with E-state index in [4.69, 9.17) is 0 Å². The summed E-state index contributed by atoms with van der Waals surface area (Å²) in [5, 5.41) is 2.41. The second-order valence-electron chi connectivity index (χ2n) is 1.57. The number of hydrogen-bond donors (Lipinski definition) is 1. The van der Waals surface area contributed by atoms with Crippen molar-refractivity contribution in [1.82, 2.24) is 4.98 Å². The topological polar surface area (TPSA) is 55.1 Å². The second-order valence-corrected chi connectivity index (χ2v) is 1.57. The minimum Gasteiger partial charge on any atom is -0.449 e. The number of hydrogen-bond acceptors (Lipinski definition) is 3. The molecule has 4 heteroatoms. The first-order chi connectivity index (χ1) is 4.83. The van der Waals surface area contributed by atoms with Gasteiger partial charge in [-0.15, -0.1) is 0 Å². The molecule has 1 N–H and O–H groups in total. The van der Waals surface area contributed by atoms with Crippen molar-refractivity contribution in [3.8, 4) is 0 Å². The van der Waals surface area contributed by atoms with Gasteiger partial charge in [0.05, 0.1) is 0 Å². The van der Waals surface area contributed by atoms with Gasteiger partial charge in [0, 0.05) is 0 Å². The maximum absolute atomic E-state index is 10.6. The number of carbonyl (C=O) groups is 1. The molecule has 0 saturated heterocycles. The predicted molar refractivity (Wildman–Crippen MR) is 35.3 cm³/mol. The van der Waals surface area contributed by atoms with Gasteiger partial charge in [-0.1, -0.05) is 6.58 Å². The highest BCUT2D eigenvalue weighted by Crippen LogP contribution is 1.99. The van der Waals surface area contributed by atoms with Crippen LogP contribution in [0.25, 0.3) is 0 Å². The van der Waals surface area contributed by atoms with Crippen LogP contribution in [0.3, 0.4) is 0 Å². The molecule has 0 bridgehead atoms. The zero-order chi connectivity index (χ0) is 7.40. The summed E-state index contributed by atoms with van der Waals surface area (Å²) in [6.45, 7) is 3.27. The van der Waals surface area contributed by atoms with E-state index in [0.29, 0.717) is 5.82 Å². The monoisotopic (exact) mass is 138 g/mol. The lowest BCUT2D eigenvalue weighted by Gasteiger charge is -1.91. The van der Waals surface area contributed by atoms with Crippen molar-refractivity contribution in [2.45, 2.75) is 0 Å². The summed E-state index contributed by atoms with van der Waals surface area (Å²) < 4.78 is 4.60. The van der Waals surface area contributed by atoms with E-state index in [0.717, 1.165) is 6.08 Å². The van der Waals surface area contributed by atoms with Gasteiger partial charge in [-0.25, -0.2) is 0 Å². The Morgan fingerprint density at radius 2 is 2.70 bits per heavy atom. The van der Waals surface area contributed by atoms with Gasteiger partial charge in [0.2, 0.25) is 5.91 Å². The Morgan fingerprint density at radius 3 is 3.20 bits per heavy atom. The highest BCUT2D eigenvalue weighted by Gasteiger charge is 1.96. The SMILES string of the molecule is C=CC(=O)Nc1cocn1. The smallest absolute Gasteiger partial charge is 0.249 e. The molecule has 1 aromatic heterocycles. The Morgan fingerprint density at radius 1 is 1.90 bits per heavy atom. The Kier molecular flexibility index (Phi) is 1.84. The van der Waals surface area contributed by atoms with Crippen molar-refractivity contribution in [2.24, 2.45) is 0 Å². The van der Waals surface area contributed by atoms with Crippen LogP contribution in [0.15, 0.2) is 29.7 Å². The minimum atomic E-state index is -0.297. The van der Waals surface area contributed by atoms with E-state index in [2.05, 4.69) is 21.3 Å². The van der Waals surface area contributed by atoms with Crippen LogP contribution in [-0.2, 0) is 4.79 Å². The lowest BCUT2D eigenvalue weighted by molar-refractivity contribution is -0.111. The van der Waals surface area contributed by atoms with Gasteiger partial charge in [-0.2, -0.15) is 4.98 Å². The van der Waals surface area contributed by atoms with E-state index in [9.17, 15) is 4.79 Å². The van der Waals surface area contributed by atoms with Crippen molar-refractivity contribution in [1.29, 1.82) is 0 Å². The Labute approximate surface area is 57.6 Å². The highest BCUT2D eigenvalue weighted by atomic mass is 16.3. The molecule has 1 amide bonds. The standard InChI is InChI=1S/C6H6N2O2/c1-2-6(9)8-5-3-10-4-7-5/h2-4H,1H2,(H,8,9). The molecule has 4 nitrogen and oxygen atoms in total. The van der Waals surface area contributed by atoms with Crippen LogP contribution in [0.4, 0.5) is 5.82 Å². The summed E-state index contributed by atoms with van der Waals surface area (Å²) in [6, 6.07) is 0. The lowest BCUT2D eigenvalue weighted by Crippen LogP contribution is -2.06. The molecule has 0 saturated carbocycles. The quantitative estimate of drug-likeness (QED) is 0.615. The molecule has 0 aromatic carbocycles. The Bertz CT molecular complexity index is 228. The molecule has 0 aliphatic heterocycles. The minimum absolute atomic E-state index is 0.297. The second kappa shape index (κ2) is 2.82. The molecule has 0 radical (unpaired) electrons. The first kappa shape index (κ1) is 6.54. The number of anilines is 1. The van der Waals surface area contributed by atoms with E-state index < -0.39 is 0 Å². The molecule has 10 heavy (non-hydrogen) atoms. The number of nitrogens with zero attached hydrogens (tertiary/aromatic N) is 1. The summed E-state index contributed by atoms with van der Waals surface area (Å²) in [7, 11) is 0. The van der Waals surface area contributed by atoms with Gasteiger partial charge < -0.3 is 9.73 Å². The van der Waals surface area contributed by atoms with Crippen LogP contribution >= 0.6 is 0 Å². The summed E-state index contributed by atoms with van der Waals surface area (Å²) in [5.74, 6) is 0.0961. The first-order valence-electron chi connectivity index (χ1n) is 2.64. The van der Waals surface area contributed by atoms with Crippen molar-refractivity contribution in [3.63, 3.8) is 0 Å². The van der Waals surface area contributed by atoms with Gasteiger partial charge in [-0.05, 0) is 6.08 Å². The molecule has 0 aliphatic carbocycles. The molecule has 0 fully saturated rings. The first-order valence-corrected chi connectivity index (χ1v) is 2.64. The van der Waals surface area contributed by atoms with Crippen molar-refractivity contribution < 1.29 is 9.21 Å². The molecule has 1 rings (SSSR count). The highest BCUT2D eigenvalue weighted by molar-refractivity contribution is 5.97. The van der Waals surface area contributed by atoms with Gasteiger partial charge >= 0.3 is 0 Å². The fourth-order valence-corrected chi connectivity index (χ4v) is 0.452. The van der Waals surface area contributed by atoms with E-state index in [1.54, 1.807) is 0 Å². The Balaban J connectivity index is 2.56. The predicted octanol–water partition coefficient (Wildman–Crippen LogP) is 0.799. The summed E-state index contributed by atoms with van der Waals surface area (Å²) in [6.07, 6.45) is 3.73. The molecule has 1 aromatic rings. The third-order valence-electron chi connectivity index (χ3n) is 0.869. The average molecular weight is 138 g/mol. The largest absolute Gasteiger partial charge is 0.449 e. The van der Waals surface area contributed by atoms with Crippen LogP contribution in [-0.4, -0.2) is 10.9 Å². The zero-order valence-corrected chi connectivity index (χ0v) is 5.20. The van der Waals surface area contributed by atoms with E-state index in [1.165, 1.54) is 12.7 Å². The lowest BCUT2D eigenvalue weighted by atomic mass is 10.6. The summed E-state index contributed by atoms with van der Waals surface area (Å²) >= 11 is 0. The van der Waals surface area contributed by atoms with Crippen LogP contribution < -0.4 is 5.32 Å². The van der Waals surface area contributed by atoms with Gasteiger partial charge in [0.15, 0.2) is 12.2 Å². The zero-order valence-electron chi connectivity index (χ0n) is 5.20. The van der Waals surface area contributed by atoms with E-state index >= 15 is 0 Å². The van der Waals surface area contributed by atoms with Crippen LogP contribution in [0.5, 0.6) is 0 Å². The third-order valence-corrected chi connectivity index (χ3v) is 0.869. The third kappa shape index (κ3) is 1.45. The number of oxazole rings is 1. The number of amides is 1. The molecule has 0 atom stereocenters. The maximum atomic E-state index is 10.6. The average Bonchev–Trinajstić information content (AvgIpc) is 2.40. The fraction of sp³-hybridized carbons (Fsp3) is 0. The Hall–Kier alpha value is -1.58. The molecule has 52 valence electrons. The molecular formula is C6H6N2O2. The van der Waals surface area contributed by atoms with E-state index in [-0.39, 0.29) is 5.91 Å². The van der Waals surface area contributed by atoms with Crippen LogP contribution in [0.2, 0.25) is 0 Å². The number of nitrogens with one attached hydrogen (secondary N) is 1. The van der Waals surface area contributed by atoms with Gasteiger partial charge in [0.25, 0.3) is 0 Å². The van der Waals surface area contributed by atoms with Crippen molar-refractivity contribution in [3.05, 3.63) is 25.3 Å². The van der Waals surface area contributed by atoms with Crippen molar-refractivity contribution >= 4 is 11.7 Å². The van der Waals surface area contributed by atoms with Crippen LogP contribution in [0.1, 0.15) is 0 Å². The van der Waals surface area contributed by atoms with E-state index in [1.807, 2.05) is 0 Å². The van der Waals surface area contributed by atoms with Crippen molar-refractivity contribution in [2.75, 3.05) is 5.32 Å². The van der Waals surface area contributed by atoms with Gasteiger partial charge in [-0.3, -0.25) is 4.79 Å². The summed E-state index contributed by atoms with van der Waals surface area (Å²) in [5.41, 5.74) is 0. The molecule has 0 spiro atoms. The maximum Gasteiger partial charge on any atom is 0.249 e. The molecule has 0 aliphatic rings. The molecule has 0 unspecified atom stereocenters. The van der Waals surface area contributed by atoms with Crippen LogP contribution in [0, 0.1) is 0 Å². The fourth-order valence-electron chi connectivity index (χ4n) is 0.452.